The van der Waals surface area contributed by atoms with Crippen LogP contribution in [0.4, 0.5) is 22.0 Å². The zero-order chi connectivity index (χ0) is 41.7. The zero-order valence-corrected chi connectivity index (χ0v) is 34.9. The highest BCUT2D eigenvalue weighted by molar-refractivity contribution is 7.21. The SMILES string of the molecule is CCCCCC(=O)NCC(=O)NC(C(=O)NCC(=O)Nc1ccc(COC(=O)N2CCN(c3ccc4nc(-c5ccc(N6CCCC6)nc5)sc4c3)CC2)cc1)C(C)C. The molecule has 0 aliphatic carbocycles. The first kappa shape index (κ1) is 42.8. The van der Waals surface area contributed by atoms with Crippen LogP contribution in [0.3, 0.4) is 0 Å². The second kappa shape index (κ2) is 20.8. The van der Waals surface area contributed by atoms with Gasteiger partial charge in [0.25, 0.3) is 0 Å². The van der Waals surface area contributed by atoms with Crippen LogP contribution in [-0.4, -0.2) is 103 Å². The Morgan fingerprint density at radius 2 is 1.56 bits per heavy atom. The molecule has 2 fully saturated rings. The smallest absolute Gasteiger partial charge is 0.410 e. The Bertz CT molecular complexity index is 2060. The average Bonchev–Trinajstić information content (AvgIpc) is 3.95. The Balaban J connectivity index is 0.892. The first-order valence-electron chi connectivity index (χ1n) is 20.6. The van der Waals surface area contributed by atoms with E-state index >= 15 is 0 Å². The van der Waals surface area contributed by atoms with E-state index in [1.807, 2.05) is 13.1 Å². The lowest BCUT2D eigenvalue weighted by atomic mass is 10.0. The van der Waals surface area contributed by atoms with Crippen LogP contribution < -0.4 is 31.1 Å². The van der Waals surface area contributed by atoms with Gasteiger partial charge >= 0.3 is 6.09 Å². The van der Waals surface area contributed by atoms with Crippen LogP contribution in [0.15, 0.2) is 60.8 Å². The van der Waals surface area contributed by atoms with Crippen molar-refractivity contribution in [1.82, 2.24) is 30.8 Å². The monoisotopic (exact) mass is 825 g/mol. The van der Waals surface area contributed by atoms with Crippen LogP contribution in [0.5, 0.6) is 0 Å². The van der Waals surface area contributed by atoms with Crippen LogP contribution >= 0.6 is 11.3 Å². The van der Waals surface area contributed by atoms with E-state index in [4.69, 9.17) is 14.7 Å². The molecule has 0 radical (unpaired) electrons. The molecule has 1 unspecified atom stereocenters. The minimum atomic E-state index is -0.876. The summed E-state index contributed by atoms with van der Waals surface area (Å²) in [4.78, 5) is 78.6. The molecule has 1 atom stereocenters. The summed E-state index contributed by atoms with van der Waals surface area (Å²) in [5.74, 6) is -0.867. The van der Waals surface area contributed by atoms with Crippen LogP contribution in [-0.2, 0) is 30.5 Å². The number of piperazine rings is 1. The summed E-state index contributed by atoms with van der Waals surface area (Å²) in [6, 6.07) is 16.5. The third kappa shape index (κ3) is 12.1. The van der Waals surface area contributed by atoms with E-state index in [1.54, 1.807) is 54.3 Å². The van der Waals surface area contributed by atoms with E-state index in [2.05, 4.69) is 61.4 Å². The fourth-order valence-electron chi connectivity index (χ4n) is 6.99. The maximum Gasteiger partial charge on any atom is 0.410 e. The minimum absolute atomic E-state index is 0.0784. The number of unbranched alkanes of at least 4 members (excludes halogenated alkanes) is 2. The van der Waals surface area contributed by atoms with Crippen LogP contribution in [0.1, 0.15) is 64.9 Å². The summed E-state index contributed by atoms with van der Waals surface area (Å²) < 4.78 is 6.72. The Morgan fingerprint density at radius 3 is 2.25 bits per heavy atom. The molecule has 5 amide bonds. The van der Waals surface area contributed by atoms with Gasteiger partial charge in [-0.2, -0.15) is 0 Å². The molecule has 15 nitrogen and oxygen atoms in total. The molecular formula is C43H55N9O6S. The predicted octanol–water partition coefficient (Wildman–Crippen LogP) is 5.31. The number of hydrogen-bond acceptors (Lipinski definition) is 11. The molecule has 4 N–H and O–H groups in total. The molecule has 4 aromatic rings. The highest BCUT2D eigenvalue weighted by Gasteiger charge is 2.26. The molecule has 2 aromatic heterocycles. The second-order valence-electron chi connectivity index (χ2n) is 15.3. The predicted molar refractivity (Wildman–Crippen MR) is 230 cm³/mol. The van der Waals surface area contributed by atoms with Gasteiger partial charge in [0.2, 0.25) is 23.6 Å². The molecule has 0 bridgehead atoms. The molecule has 2 aliphatic heterocycles. The van der Waals surface area contributed by atoms with Gasteiger partial charge in [-0.15, -0.1) is 11.3 Å². The second-order valence-corrected chi connectivity index (χ2v) is 16.3. The van der Waals surface area contributed by atoms with Crippen LogP contribution in [0.2, 0.25) is 0 Å². The molecule has 59 heavy (non-hydrogen) atoms. The number of benzene rings is 2. The van der Waals surface area contributed by atoms with Gasteiger partial charge in [0, 0.05) is 68.8 Å². The number of ether oxygens (including phenoxy) is 1. The van der Waals surface area contributed by atoms with Crippen molar-refractivity contribution in [2.24, 2.45) is 5.92 Å². The Labute approximate surface area is 349 Å². The lowest BCUT2D eigenvalue weighted by molar-refractivity contribution is -0.131. The first-order chi connectivity index (χ1) is 28.6. The van der Waals surface area contributed by atoms with Gasteiger partial charge in [0.15, 0.2) is 0 Å². The Hall–Kier alpha value is -5.77. The number of rotatable bonds is 17. The molecule has 314 valence electrons. The standard InChI is InChI=1S/C43H55N9O6S/c1-4-5-6-9-37(53)45-26-39(55)49-40(29(2)3)41(56)46-27-38(54)47-32-13-10-30(11-14-32)28-58-43(57)52-22-20-50(21-23-52)33-15-16-34-35(24-33)59-42(48-34)31-12-17-36(44-25-31)51-18-7-8-19-51/h10-17,24-25,29,40H,4-9,18-23,26-28H2,1-3H3,(H,45,53)(H,46,56)(H,47,54)(H,49,55). The Kier molecular flexibility index (Phi) is 15.1. The fourth-order valence-corrected chi connectivity index (χ4v) is 7.98. The van der Waals surface area contributed by atoms with Crippen LogP contribution in [0, 0.1) is 5.92 Å². The third-order valence-electron chi connectivity index (χ3n) is 10.4. The lowest BCUT2D eigenvalue weighted by Crippen LogP contribution is -2.52. The molecule has 2 aromatic carbocycles. The van der Waals surface area contributed by atoms with Gasteiger partial charge in [0.05, 0.1) is 23.3 Å². The number of carbonyl (C=O) groups excluding carboxylic acids is 5. The maximum absolute atomic E-state index is 13.0. The largest absolute Gasteiger partial charge is 0.445 e. The molecular weight excluding hydrogens is 771 g/mol. The van der Waals surface area contributed by atoms with Crippen molar-refractivity contribution < 1.29 is 28.7 Å². The number of fused-ring (bicyclic) bond motifs is 1. The number of nitrogens with zero attached hydrogens (tertiary/aromatic N) is 5. The number of anilines is 3. The number of aromatic nitrogens is 2. The van der Waals surface area contributed by atoms with E-state index in [0.29, 0.717) is 38.3 Å². The van der Waals surface area contributed by atoms with Crippen molar-refractivity contribution in [3.63, 3.8) is 0 Å². The minimum Gasteiger partial charge on any atom is -0.445 e. The number of thiazole rings is 1. The van der Waals surface area contributed by atoms with E-state index in [9.17, 15) is 24.0 Å². The summed E-state index contributed by atoms with van der Waals surface area (Å²) >= 11 is 1.66. The number of amides is 5. The number of hydrogen-bond donors (Lipinski definition) is 4. The van der Waals surface area contributed by atoms with Gasteiger partial charge < -0.3 is 40.7 Å². The summed E-state index contributed by atoms with van der Waals surface area (Å²) in [5.41, 5.74) is 4.33. The summed E-state index contributed by atoms with van der Waals surface area (Å²) in [6.07, 6.45) is 7.01. The highest BCUT2D eigenvalue weighted by Crippen LogP contribution is 2.33. The van der Waals surface area contributed by atoms with Gasteiger partial charge in [0.1, 0.15) is 23.5 Å². The van der Waals surface area contributed by atoms with Crippen molar-refractivity contribution in [3.05, 3.63) is 66.4 Å². The van der Waals surface area contributed by atoms with E-state index in [0.717, 1.165) is 70.2 Å². The third-order valence-corrected chi connectivity index (χ3v) is 11.5. The molecule has 2 saturated heterocycles. The van der Waals surface area contributed by atoms with Crippen molar-refractivity contribution in [3.8, 4) is 10.6 Å². The van der Waals surface area contributed by atoms with Gasteiger partial charge in [-0.1, -0.05) is 45.7 Å². The number of pyridine rings is 1. The topological polar surface area (TPSA) is 178 Å². The lowest BCUT2D eigenvalue weighted by Gasteiger charge is -2.35. The molecule has 0 spiro atoms. The summed E-state index contributed by atoms with van der Waals surface area (Å²) in [6.45, 7) is 9.69. The number of carbonyl (C=O) groups is 5. The fraction of sp³-hybridized carbons (Fsp3) is 0.465. The van der Waals surface area contributed by atoms with E-state index in [1.165, 1.54) is 12.8 Å². The van der Waals surface area contributed by atoms with Gasteiger partial charge in [-0.25, -0.2) is 14.8 Å². The average molecular weight is 826 g/mol. The van der Waals surface area contributed by atoms with Crippen molar-refractivity contribution in [1.29, 1.82) is 0 Å². The normalized spacial score (nSPS) is 14.6. The Morgan fingerprint density at radius 1 is 0.814 bits per heavy atom. The number of nitrogens with one attached hydrogen (secondary N) is 4. The van der Waals surface area contributed by atoms with Gasteiger partial charge in [-0.05, 0) is 73.2 Å². The molecule has 2 aliphatic rings. The molecule has 0 saturated carbocycles. The summed E-state index contributed by atoms with van der Waals surface area (Å²) in [5, 5.41) is 11.5. The van der Waals surface area contributed by atoms with Crippen molar-refractivity contribution >= 4 is 68.5 Å². The van der Waals surface area contributed by atoms with E-state index in [-0.39, 0.29) is 37.6 Å². The summed E-state index contributed by atoms with van der Waals surface area (Å²) in [7, 11) is 0. The maximum atomic E-state index is 13.0. The van der Waals surface area contributed by atoms with Crippen molar-refractivity contribution in [2.75, 3.05) is 67.5 Å². The van der Waals surface area contributed by atoms with Crippen molar-refractivity contribution in [2.45, 2.75) is 71.9 Å². The zero-order valence-electron chi connectivity index (χ0n) is 34.1. The quantitative estimate of drug-likeness (QED) is 0.102. The molecule has 16 heteroatoms. The molecule has 4 heterocycles. The highest BCUT2D eigenvalue weighted by atomic mass is 32.1. The van der Waals surface area contributed by atoms with E-state index < -0.39 is 23.8 Å². The first-order valence-corrected chi connectivity index (χ1v) is 21.4. The van der Waals surface area contributed by atoms with Gasteiger partial charge in [-0.3, -0.25) is 19.2 Å². The molecule has 6 rings (SSSR count). The van der Waals surface area contributed by atoms with Crippen LogP contribution in [0.25, 0.3) is 20.8 Å².